The number of nitrogens with one attached hydrogen (secondary N) is 2. The van der Waals surface area contributed by atoms with Gasteiger partial charge in [0.25, 0.3) is 5.56 Å². The molecule has 2 amide bonds. The summed E-state index contributed by atoms with van der Waals surface area (Å²) >= 11 is 0. The molecule has 2 N–H and O–H groups in total. The highest BCUT2D eigenvalue weighted by Gasteiger charge is 2.18. The van der Waals surface area contributed by atoms with Crippen molar-refractivity contribution in [2.24, 2.45) is 0 Å². The number of anilines is 1. The van der Waals surface area contributed by atoms with Crippen LogP contribution in [-0.4, -0.2) is 22.1 Å². The van der Waals surface area contributed by atoms with Crippen molar-refractivity contribution in [1.29, 1.82) is 0 Å². The Kier molecular flexibility index (Phi) is 5.71. The third-order valence-electron chi connectivity index (χ3n) is 4.79. The van der Waals surface area contributed by atoms with E-state index in [2.05, 4.69) is 21.7 Å². The van der Waals surface area contributed by atoms with Gasteiger partial charge in [0.05, 0.1) is 12.0 Å². The number of urea groups is 1. The van der Waals surface area contributed by atoms with E-state index in [1.165, 1.54) is 17.4 Å². The number of hydrogen-bond donors (Lipinski definition) is 2. The van der Waals surface area contributed by atoms with Crippen LogP contribution in [0.1, 0.15) is 48.4 Å². The van der Waals surface area contributed by atoms with Crippen LogP contribution in [0.3, 0.4) is 0 Å². The Bertz CT molecular complexity index is 818. The van der Waals surface area contributed by atoms with Gasteiger partial charge in [0, 0.05) is 30.8 Å². The molecule has 0 spiro atoms. The maximum Gasteiger partial charge on any atom is 0.319 e. The molecular weight excluding hydrogens is 328 g/mol. The minimum absolute atomic E-state index is 0.0570. The zero-order valence-electron chi connectivity index (χ0n) is 15.4. The molecular formula is C20H26N4O2. The third kappa shape index (κ3) is 4.71. The Morgan fingerprint density at radius 3 is 2.50 bits per heavy atom. The van der Waals surface area contributed by atoms with Crippen LogP contribution in [0, 0.1) is 13.8 Å². The lowest BCUT2D eigenvalue weighted by atomic mass is 10.0. The fourth-order valence-electron chi connectivity index (χ4n) is 3.56. The highest BCUT2D eigenvalue weighted by molar-refractivity contribution is 5.89. The number of aryl methyl sites for hydroxylation is 2. The summed E-state index contributed by atoms with van der Waals surface area (Å²) < 4.78 is 1.54. The number of carbonyl (C=O) groups is 1. The minimum Gasteiger partial charge on any atom is -0.336 e. The van der Waals surface area contributed by atoms with E-state index in [1.807, 2.05) is 26.0 Å². The predicted molar refractivity (Wildman–Crippen MR) is 103 cm³/mol. The Morgan fingerprint density at radius 1 is 1.15 bits per heavy atom. The number of rotatable bonds is 5. The first-order valence-corrected chi connectivity index (χ1v) is 9.21. The molecule has 0 bridgehead atoms. The van der Waals surface area contributed by atoms with Crippen molar-refractivity contribution in [3.05, 3.63) is 57.8 Å². The molecule has 6 heteroatoms. The second-order valence-electron chi connectivity index (χ2n) is 7.08. The van der Waals surface area contributed by atoms with Gasteiger partial charge < -0.3 is 10.6 Å². The van der Waals surface area contributed by atoms with Crippen LogP contribution in [0.2, 0.25) is 0 Å². The Labute approximate surface area is 153 Å². The van der Waals surface area contributed by atoms with Crippen molar-refractivity contribution in [3.63, 3.8) is 0 Å². The van der Waals surface area contributed by atoms with Gasteiger partial charge in [0.2, 0.25) is 0 Å². The van der Waals surface area contributed by atoms with E-state index in [1.54, 1.807) is 12.4 Å². The summed E-state index contributed by atoms with van der Waals surface area (Å²) in [6.07, 6.45) is 6.27. The molecule has 1 saturated carbocycles. The molecule has 1 aliphatic carbocycles. The van der Waals surface area contributed by atoms with Crippen molar-refractivity contribution >= 4 is 11.7 Å². The molecule has 0 atom stereocenters. The molecule has 1 heterocycles. The number of aromatic nitrogens is 2. The van der Waals surface area contributed by atoms with Gasteiger partial charge in [-0.25, -0.2) is 9.78 Å². The SMILES string of the molecule is Cc1cc(C)cc(NC(=O)NCCn2cnc(C3CCCC3)cc2=O)c1. The Hall–Kier alpha value is -2.63. The first-order chi connectivity index (χ1) is 12.5. The summed E-state index contributed by atoms with van der Waals surface area (Å²) in [5.41, 5.74) is 3.81. The normalized spacial score (nSPS) is 14.4. The van der Waals surface area contributed by atoms with Crippen molar-refractivity contribution in [2.75, 3.05) is 11.9 Å². The molecule has 0 saturated heterocycles. The summed E-state index contributed by atoms with van der Waals surface area (Å²) in [6.45, 7) is 4.74. The molecule has 1 aromatic carbocycles. The zero-order chi connectivity index (χ0) is 18.5. The quantitative estimate of drug-likeness (QED) is 0.865. The number of amides is 2. The standard InChI is InChI=1S/C20H26N4O2/c1-14-9-15(2)11-17(10-14)23-20(26)21-7-8-24-13-22-18(12-19(24)25)16-5-3-4-6-16/h9-13,16H,3-8H2,1-2H3,(H2,21,23,26). The topological polar surface area (TPSA) is 76.0 Å². The van der Waals surface area contributed by atoms with E-state index in [9.17, 15) is 9.59 Å². The van der Waals surface area contributed by atoms with Crippen LogP contribution in [0.15, 0.2) is 35.4 Å². The van der Waals surface area contributed by atoms with Gasteiger partial charge in [-0.15, -0.1) is 0 Å². The van der Waals surface area contributed by atoms with Gasteiger partial charge >= 0.3 is 6.03 Å². The molecule has 2 aromatic rings. The molecule has 26 heavy (non-hydrogen) atoms. The first-order valence-electron chi connectivity index (χ1n) is 9.21. The Morgan fingerprint density at radius 2 is 1.85 bits per heavy atom. The van der Waals surface area contributed by atoms with Gasteiger partial charge in [-0.05, 0) is 49.9 Å². The van der Waals surface area contributed by atoms with Gasteiger partial charge in [-0.1, -0.05) is 18.9 Å². The molecule has 0 unspecified atom stereocenters. The number of carbonyl (C=O) groups excluding carboxylic acids is 1. The van der Waals surface area contributed by atoms with E-state index in [0.29, 0.717) is 19.0 Å². The van der Waals surface area contributed by atoms with Crippen LogP contribution in [0.5, 0.6) is 0 Å². The highest BCUT2D eigenvalue weighted by atomic mass is 16.2. The molecule has 1 aliphatic rings. The molecule has 3 rings (SSSR count). The van der Waals surface area contributed by atoms with Crippen LogP contribution >= 0.6 is 0 Å². The number of nitrogens with zero attached hydrogens (tertiary/aromatic N) is 2. The fourth-order valence-corrected chi connectivity index (χ4v) is 3.56. The predicted octanol–water partition coefficient (Wildman–Crippen LogP) is 3.34. The minimum atomic E-state index is -0.279. The lowest BCUT2D eigenvalue weighted by molar-refractivity contribution is 0.251. The largest absolute Gasteiger partial charge is 0.336 e. The monoisotopic (exact) mass is 354 g/mol. The van der Waals surface area contributed by atoms with Gasteiger partial charge in [-0.2, -0.15) is 0 Å². The third-order valence-corrected chi connectivity index (χ3v) is 4.79. The average molecular weight is 354 g/mol. The highest BCUT2D eigenvalue weighted by Crippen LogP contribution is 2.32. The summed E-state index contributed by atoms with van der Waals surface area (Å²) in [4.78, 5) is 28.7. The van der Waals surface area contributed by atoms with Gasteiger partial charge in [-0.3, -0.25) is 9.36 Å². The van der Waals surface area contributed by atoms with E-state index in [-0.39, 0.29) is 11.6 Å². The molecule has 0 aliphatic heterocycles. The molecule has 1 aromatic heterocycles. The maximum atomic E-state index is 12.2. The smallest absolute Gasteiger partial charge is 0.319 e. The lowest BCUT2D eigenvalue weighted by Crippen LogP contribution is -2.33. The van der Waals surface area contributed by atoms with Gasteiger partial charge in [0.15, 0.2) is 0 Å². The van der Waals surface area contributed by atoms with Crippen LogP contribution in [-0.2, 0) is 6.54 Å². The fraction of sp³-hybridized carbons (Fsp3) is 0.450. The summed E-state index contributed by atoms with van der Waals surface area (Å²) in [7, 11) is 0. The summed E-state index contributed by atoms with van der Waals surface area (Å²) in [5.74, 6) is 0.430. The van der Waals surface area contributed by atoms with Crippen molar-refractivity contribution < 1.29 is 4.79 Å². The second-order valence-corrected chi connectivity index (χ2v) is 7.08. The lowest BCUT2D eigenvalue weighted by Gasteiger charge is -2.12. The van der Waals surface area contributed by atoms with Crippen LogP contribution in [0.25, 0.3) is 0 Å². The molecule has 1 fully saturated rings. The number of hydrogen-bond acceptors (Lipinski definition) is 3. The zero-order valence-corrected chi connectivity index (χ0v) is 15.4. The molecule has 138 valence electrons. The van der Waals surface area contributed by atoms with E-state index in [0.717, 1.165) is 35.3 Å². The van der Waals surface area contributed by atoms with E-state index < -0.39 is 0 Å². The van der Waals surface area contributed by atoms with Crippen LogP contribution in [0.4, 0.5) is 10.5 Å². The van der Waals surface area contributed by atoms with E-state index in [4.69, 9.17) is 0 Å². The van der Waals surface area contributed by atoms with Crippen molar-refractivity contribution in [1.82, 2.24) is 14.9 Å². The average Bonchev–Trinajstić information content (AvgIpc) is 3.09. The first kappa shape index (κ1) is 18.2. The maximum absolute atomic E-state index is 12.2. The van der Waals surface area contributed by atoms with Crippen molar-refractivity contribution in [3.8, 4) is 0 Å². The summed E-state index contributed by atoms with van der Waals surface area (Å²) in [5, 5.41) is 5.60. The Balaban J connectivity index is 1.51. The number of benzene rings is 1. The van der Waals surface area contributed by atoms with Crippen molar-refractivity contribution in [2.45, 2.75) is 52.0 Å². The second kappa shape index (κ2) is 8.17. The molecule has 0 radical (unpaired) electrons. The van der Waals surface area contributed by atoms with E-state index >= 15 is 0 Å². The van der Waals surface area contributed by atoms with Gasteiger partial charge in [0.1, 0.15) is 0 Å². The molecule has 6 nitrogen and oxygen atoms in total. The van der Waals surface area contributed by atoms with Crippen LogP contribution < -0.4 is 16.2 Å². The summed E-state index contributed by atoms with van der Waals surface area (Å²) in [6, 6.07) is 7.26.